The molecule has 3 nitrogen and oxygen atoms in total. The fraction of sp³-hybridized carbons (Fsp3) is 0.0556. The first-order valence-corrected chi connectivity index (χ1v) is 7.92. The average molecular weight is 306 g/mol. The lowest BCUT2D eigenvalue weighted by Crippen LogP contribution is -2.06. The van der Waals surface area contributed by atoms with Crippen molar-refractivity contribution in [2.45, 2.75) is 6.92 Å². The van der Waals surface area contributed by atoms with Crippen molar-refractivity contribution in [1.29, 1.82) is 0 Å². The molecule has 0 saturated heterocycles. The molecule has 108 valence electrons. The quantitative estimate of drug-likeness (QED) is 0.588. The van der Waals surface area contributed by atoms with E-state index in [2.05, 4.69) is 23.5 Å². The molecule has 1 N–H and O–H groups in total. The molecule has 4 heteroatoms. The van der Waals surface area contributed by atoms with Gasteiger partial charge in [0.2, 0.25) is 0 Å². The average Bonchev–Trinajstić information content (AvgIpc) is 2.86. The highest BCUT2D eigenvalue weighted by atomic mass is 32.1. The maximum absolute atomic E-state index is 12.4. The number of aromatic nitrogens is 1. The largest absolute Gasteiger partial charge is 0.345 e. The minimum atomic E-state index is 0.0386. The summed E-state index contributed by atoms with van der Waals surface area (Å²) in [5.74, 6) is 0. The minimum absolute atomic E-state index is 0.0386. The van der Waals surface area contributed by atoms with Crippen molar-refractivity contribution >= 4 is 38.3 Å². The first-order chi connectivity index (χ1) is 10.7. The Kier molecular flexibility index (Phi) is 2.98. The molecule has 4 aromatic rings. The Morgan fingerprint density at radius 3 is 2.55 bits per heavy atom. The molecule has 0 fully saturated rings. The summed E-state index contributed by atoms with van der Waals surface area (Å²) in [5, 5.41) is 6.51. The van der Waals surface area contributed by atoms with Crippen molar-refractivity contribution in [3.63, 3.8) is 0 Å². The van der Waals surface area contributed by atoms with Crippen molar-refractivity contribution in [3.8, 4) is 0 Å². The summed E-state index contributed by atoms with van der Waals surface area (Å²) in [5.41, 5.74) is 2.89. The van der Waals surface area contributed by atoms with Crippen LogP contribution < -0.4 is 10.2 Å². The Labute approximate surface area is 131 Å². The number of hydrogen-bond donors (Lipinski definition) is 1. The van der Waals surface area contributed by atoms with Crippen LogP contribution in [0.15, 0.2) is 65.5 Å². The maximum atomic E-state index is 12.4. The molecule has 0 aliphatic heterocycles. The van der Waals surface area contributed by atoms with E-state index in [9.17, 15) is 4.79 Å². The van der Waals surface area contributed by atoms with Crippen molar-refractivity contribution in [2.24, 2.45) is 0 Å². The van der Waals surface area contributed by atoms with Gasteiger partial charge in [0, 0.05) is 16.8 Å². The summed E-state index contributed by atoms with van der Waals surface area (Å²) in [4.78, 5) is 12.4. The zero-order valence-electron chi connectivity index (χ0n) is 12.0. The zero-order valence-corrected chi connectivity index (χ0v) is 12.9. The van der Waals surface area contributed by atoms with Crippen LogP contribution in [0, 0.1) is 6.92 Å². The standard InChI is InChI=1S/C18H14N2OS/c1-12-11-13-7-5-6-10-15(13)16-17(22-18(21)20(12)16)19-14-8-3-2-4-9-14/h2-11,19H,1H3. The number of benzene rings is 2. The van der Waals surface area contributed by atoms with Crippen LogP contribution in [0.25, 0.3) is 16.3 Å². The fourth-order valence-electron chi connectivity index (χ4n) is 2.80. The van der Waals surface area contributed by atoms with E-state index >= 15 is 0 Å². The molecular weight excluding hydrogens is 292 g/mol. The molecule has 0 radical (unpaired) electrons. The molecule has 0 bridgehead atoms. The van der Waals surface area contributed by atoms with E-state index in [1.165, 1.54) is 11.3 Å². The Bertz CT molecular complexity index is 1030. The molecule has 0 aliphatic rings. The Morgan fingerprint density at radius 1 is 1.00 bits per heavy atom. The SMILES string of the molecule is Cc1cc2ccccc2c2c(Nc3ccccc3)sc(=O)n12. The Hall–Kier alpha value is -2.59. The first kappa shape index (κ1) is 13.1. The van der Waals surface area contributed by atoms with E-state index in [1.807, 2.05) is 49.4 Å². The summed E-state index contributed by atoms with van der Waals surface area (Å²) in [6.45, 7) is 1.97. The lowest BCUT2D eigenvalue weighted by molar-refractivity contribution is 1.08. The fourth-order valence-corrected chi connectivity index (χ4v) is 3.77. The number of nitrogens with one attached hydrogen (secondary N) is 1. The monoisotopic (exact) mass is 306 g/mol. The van der Waals surface area contributed by atoms with Gasteiger partial charge in [-0.25, -0.2) is 0 Å². The van der Waals surface area contributed by atoms with Gasteiger partial charge in [0.25, 0.3) is 0 Å². The van der Waals surface area contributed by atoms with E-state index in [-0.39, 0.29) is 4.87 Å². The molecule has 22 heavy (non-hydrogen) atoms. The lowest BCUT2D eigenvalue weighted by atomic mass is 10.1. The molecule has 0 unspecified atom stereocenters. The number of hydrogen-bond acceptors (Lipinski definition) is 3. The van der Waals surface area contributed by atoms with E-state index in [0.29, 0.717) is 0 Å². The van der Waals surface area contributed by atoms with Gasteiger partial charge >= 0.3 is 4.87 Å². The van der Waals surface area contributed by atoms with Gasteiger partial charge in [0.15, 0.2) is 0 Å². The van der Waals surface area contributed by atoms with Crippen LogP contribution in [-0.2, 0) is 0 Å². The molecule has 0 amide bonds. The van der Waals surface area contributed by atoms with Crippen LogP contribution in [0.3, 0.4) is 0 Å². The summed E-state index contributed by atoms with van der Waals surface area (Å²) in [7, 11) is 0. The number of anilines is 2. The second-order valence-corrected chi connectivity index (χ2v) is 6.21. The van der Waals surface area contributed by atoms with E-state index in [4.69, 9.17) is 0 Å². The molecule has 0 aliphatic carbocycles. The van der Waals surface area contributed by atoms with Crippen LogP contribution in [0.1, 0.15) is 5.69 Å². The van der Waals surface area contributed by atoms with E-state index < -0.39 is 0 Å². The molecule has 0 saturated carbocycles. The molecule has 4 rings (SSSR count). The Morgan fingerprint density at radius 2 is 1.73 bits per heavy atom. The van der Waals surface area contributed by atoms with Crippen molar-refractivity contribution in [3.05, 3.63) is 76.0 Å². The second-order valence-electron chi connectivity index (χ2n) is 5.25. The zero-order chi connectivity index (χ0) is 15.1. The number of rotatable bonds is 2. The first-order valence-electron chi connectivity index (χ1n) is 7.10. The van der Waals surface area contributed by atoms with Gasteiger partial charge < -0.3 is 5.32 Å². The summed E-state index contributed by atoms with van der Waals surface area (Å²) >= 11 is 1.25. The number of fused-ring (bicyclic) bond motifs is 3. The van der Waals surface area contributed by atoms with Crippen molar-refractivity contribution in [2.75, 3.05) is 5.32 Å². The smallest absolute Gasteiger partial charge is 0.313 e. The Balaban J connectivity index is 2.05. The van der Waals surface area contributed by atoms with Crippen molar-refractivity contribution < 1.29 is 0 Å². The van der Waals surface area contributed by atoms with Crippen LogP contribution in [0.4, 0.5) is 10.7 Å². The molecule has 0 spiro atoms. The molecule has 0 atom stereocenters. The highest BCUT2D eigenvalue weighted by Crippen LogP contribution is 2.31. The van der Waals surface area contributed by atoms with E-state index in [0.717, 1.165) is 32.7 Å². The number of pyridine rings is 1. The van der Waals surface area contributed by atoms with Crippen molar-refractivity contribution in [1.82, 2.24) is 4.40 Å². The van der Waals surface area contributed by atoms with Gasteiger partial charge in [0.1, 0.15) is 5.00 Å². The van der Waals surface area contributed by atoms with Crippen LogP contribution in [-0.4, -0.2) is 4.40 Å². The van der Waals surface area contributed by atoms with Crippen LogP contribution in [0.5, 0.6) is 0 Å². The van der Waals surface area contributed by atoms with E-state index in [1.54, 1.807) is 4.40 Å². The summed E-state index contributed by atoms with van der Waals surface area (Å²) in [6, 6.07) is 20.2. The third-order valence-corrected chi connectivity index (χ3v) is 4.63. The highest BCUT2D eigenvalue weighted by Gasteiger charge is 2.13. The predicted molar refractivity (Wildman–Crippen MR) is 93.5 cm³/mol. The third kappa shape index (κ3) is 2.00. The molecule has 2 heterocycles. The minimum Gasteiger partial charge on any atom is -0.345 e. The lowest BCUT2D eigenvalue weighted by Gasteiger charge is -2.08. The van der Waals surface area contributed by atoms with Gasteiger partial charge in [-0.2, -0.15) is 0 Å². The second kappa shape index (κ2) is 5.00. The number of aryl methyl sites for hydroxylation is 1. The van der Waals surface area contributed by atoms with Gasteiger partial charge in [-0.15, -0.1) is 0 Å². The normalized spacial score (nSPS) is 11.1. The topological polar surface area (TPSA) is 33.5 Å². The summed E-state index contributed by atoms with van der Waals surface area (Å²) in [6.07, 6.45) is 0. The predicted octanol–water partition coefficient (Wildman–Crippen LogP) is 4.57. The van der Waals surface area contributed by atoms with Crippen LogP contribution >= 0.6 is 11.3 Å². The van der Waals surface area contributed by atoms with Gasteiger partial charge in [-0.1, -0.05) is 53.8 Å². The number of nitrogens with zero attached hydrogens (tertiary/aromatic N) is 1. The van der Waals surface area contributed by atoms with Gasteiger partial charge in [0.05, 0.1) is 5.52 Å². The molecular formula is C18H14N2OS. The van der Waals surface area contributed by atoms with Gasteiger partial charge in [-0.3, -0.25) is 9.20 Å². The highest BCUT2D eigenvalue weighted by molar-refractivity contribution is 7.14. The van der Waals surface area contributed by atoms with Crippen LogP contribution in [0.2, 0.25) is 0 Å². The van der Waals surface area contributed by atoms with Gasteiger partial charge in [-0.05, 0) is 30.5 Å². The summed E-state index contributed by atoms with van der Waals surface area (Å²) < 4.78 is 1.79. The molecule has 2 aromatic heterocycles. The number of para-hydroxylation sites is 1. The number of thiazole rings is 1. The molecule has 2 aromatic carbocycles. The maximum Gasteiger partial charge on any atom is 0.313 e. The third-order valence-electron chi connectivity index (χ3n) is 3.78.